The van der Waals surface area contributed by atoms with Crippen molar-refractivity contribution in [3.8, 4) is 0 Å². The van der Waals surface area contributed by atoms with Gasteiger partial charge in [0.2, 0.25) is 0 Å². The van der Waals surface area contributed by atoms with Gasteiger partial charge in [-0.25, -0.2) is 4.79 Å². The van der Waals surface area contributed by atoms with Crippen molar-refractivity contribution in [2.45, 2.75) is 65.4 Å². The summed E-state index contributed by atoms with van der Waals surface area (Å²) >= 11 is 0. The van der Waals surface area contributed by atoms with E-state index in [2.05, 4.69) is 12.2 Å². The Morgan fingerprint density at radius 1 is 1.06 bits per heavy atom. The SMILES string of the molecule is C/C=C/CCCCC/C=C/C(=O)OC(C)(C)C. The number of esters is 1. The Morgan fingerprint density at radius 2 is 1.65 bits per heavy atom. The first kappa shape index (κ1) is 16.0. The number of hydrogen-bond donors (Lipinski definition) is 0. The number of unbranched alkanes of at least 4 members (excludes halogenated alkanes) is 4. The molecule has 0 amide bonds. The number of ether oxygens (including phenoxy) is 1. The van der Waals surface area contributed by atoms with Gasteiger partial charge in [0.1, 0.15) is 5.60 Å². The third-order valence-corrected chi connectivity index (χ3v) is 2.14. The van der Waals surface area contributed by atoms with Crippen LogP contribution in [0.4, 0.5) is 0 Å². The van der Waals surface area contributed by atoms with Crippen LogP contribution in [0.2, 0.25) is 0 Å². The first-order chi connectivity index (χ1) is 7.95. The van der Waals surface area contributed by atoms with Crippen LogP contribution in [0.5, 0.6) is 0 Å². The minimum absolute atomic E-state index is 0.244. The van der Waals surface area contributed by atoms with Crippen LogP contribution >= 0.6 is 0 Å². The summed E-state index contributed by atoms with van der Waals surface area (Å²) in [4.78, 5) is 11.3. The predicted octanol–water partition coefficient (Wildman–Crippen LogP) is 4.41. The van der Waals surface area contributed by atoms with Gasteiger partial charge in [-0.2, -0.15) is 0 Å². The lowest BCUT2D eigenvalue weighted by atomic mass is 10.1. The molecule has 0 fully saturated rings. The highest BCUT2D eigenvalue weighted by molar-refractivity contribution is 5.82. The lowest BCUT2D eigenvalue weighted by molar-refractivity contribution is -0.148. The second-order valence-corrected chi connectivity index (χ2v) is 5.14. The first-order valence-electron chi connectivity index (χ1n) is 6.46. The zero-order chi connectivity index (χ0) is 13.1. The quantitative estimate of drug-likeness (QED) is 0.284. The zero-order valence-corrected chi connectivity index (χ0v) is 11.7. The molecular formula is C15H26O2. The maximum atomic E-state index is 11.3. The standard InChI is InChI=1S/C15H26O2/c1-5-6-7-8-9-10-11-12-13-14(16)17-15(2,3)4/h5-6,12-13H,7-11H2,1-4H3/b6-5+,13-12+. The van der Waals surface area contributed by atoms with Gasteiger partial charge in [0.05, 0.1) is 0 Å². The minimum atomic E-state index is -0.395. The first-order valence-corrected chi connectivity index (χ1v) is 6.46. The van der Waals surface area contributed by atoms with E-state index in [1.54, 1.807) is 0 Å². The van der Waals surface area contributed by atoms with Gasteiger partial charge in [-0.3, -0.25) is 0 Å². The Balaban J connectivity index is 3.51. The summed E-state index contributed by atoms with van der Waals surface area (Å²) in [6, 6.07) is 0. The summed E-state index contributed by atoms with van der Waals surface area (Å²) in [6.07, 6.45) is 13.4. The highest BCUT2D eigenvalue weighted by atomic mass is 16.6. The fraction of sp³-hybridized carbons (Fsp3) is 0.667. The molecule has 0 aliphatic heterocycles. The molecule has 0 heterocycles. The lowest BCUT2D eigenvalue weighted by Gasteiger charge is -2.17. The largest absolute Gasteiger partial charge is 0.457 e. The molecule has 0 unspecified atom stereocenters. The molecule has 2 nitrogen and oxygen atoms in total. The maximum absolute atomic E-state index is 11.3. The zero-order valence-electron chi connectivity index (χ0n) is 11.7. The van der Waals surface area contributed by atoms with Crippen molar-refractivity contribution in [3.63, 3.8) is 0 Å². The molecule has 0 spiro atoms. The molecule has 0 radical (unpaired) electrons. The molecule has 0 saturated carbocycles. The van der Waals surface area contributed by atoms with Crippen molar-refractivity contribution in [1.29, 1.82) is 0 Å². The Labute approximate surface area is 106 Å². The molecule has 0 aromatic rings. The normalized spacial score (nSPS) is 12.5. The monoisotopic (exact) mass is 238 g/mol. The number of carbonyl (C=O) groups excluding carboxylic acids is 1. The van der Waals surface area contributed by atoms with Crippen molar-refractivity contribution in [1.82, 2.24) is 0 Å². The molecule has 17 heavy (non-hydrogen) atoms. The summed E-state index contributed by atoms with van der Waals surface area (Å²) in [6.45, 7) is 7.67. The highest BCUT2D eigenvalue weighted by Crippen LogP contribution is 2.08. The van der Waals surface area contributed by atoms with Crippen LogP contribution in [0, 0.1) is 0 Å². The van der Waals surface area contributed by atoms with Gasteiger partial charge in [-0.1, -0.05) is 24.6 Å². The van der Waals surface area contributed by atoms with E-state index >= 15 is 0 Å². The smallest absolute Gasteiger partial charge is 0.330 e. The molecule has 0 saturated heterocycles. The average Bonchev–Trinajstić information content (AvgIpc) is 2.19. The summed E-state index contributed by atoms with van der Waals surface area (Å²) in [5.41, 5.74) is -0.395. The van der Waals surface area contributed by atoms with Gasteiger partial charge in [0.15, 0.2) is 0 Å². The van der Waals surface area contributed by atoms with Gasteiger partial charge in [-0.05, 0) is 53.4 Å². The average molecular weight is 238 g/mol. The van der Waals surface area contributed by atoms with E-state index in [1.807, 2.05) is 33.8 Å². The van der Waals surface area contributed by atoms with Crippen LogP contribution in [-0.4, -0.2) is 11.6 Å². The van der Waals surface area contributed by atoms with E-state index in [0.717, 1.165) is 19.3 Å². The molecule has 98 valence electrons. The molecular weight excluding hydrogens is 212 g/mol. The number of allylic oxidation sites excluding steroid dienone is 3. The fourth-order valence-corrected chi connectivity index (χ4v) is 1.38. The van der Waals surface area contributed by atoms with E-state index in [-0.39, 0.29) is 5.97 Å². The van der Waals surface area contributed by atoms with Gasteiger partial charge >= 0.3 is 5.97 Å². The molecule has 0 bridgehead atoms. The Hall–Kier alpha value is -1.05. The van der Waals surface area contributed by atoms with Crippen LogP contribution < -0.4 is 0 Å². The van der Waals surface area contributed by atoms with Crippen LogP contribution in [0.3, 0.4) is 0 Å². The second kappa shape index (κ2) is 9.03. The molecule has 0 aliphatic rings. The van der Waals surface area contributed by atoms with Crippen LogP contribution in [0.1, 0.15) is 59.8 Å². The van der Waals surface area contributed by atoms with Crippen molar-refractivity contribution in [2.75, 3.05) is 0 Å². The summed E-state index contributed by atoms with van der Waals surface area (Å²) in [5, 5.41) is 0. The van der Waals surface area contributed by atoms with Gasteiger partial charge in [-0.15, -0.1) is 0 Å². The molecule has 0 atom stereocenters. The fourth-order valence-electron chi connectivity index (χ4n) is 1.38. The Morgan fingerprint density at radius 3 is 2.18 bits per heavy atom. The third-order valence-electron chi connectivity index (χ3n) is 2.14. The van der Waals surface area contributed by atoms with Crippen LogP contribution in [0.25, 0.3) is 0 Å². The summed E-state index contributed by atoms with van der Waals surface area (Å²) in [5.74, 6) is -0.244. The second-order valence-electron chi connectivity index (χ2n) is 5.14. The van der Waals surface area contributed by atoms with Crippen molar-refractivity contribution >= 4 is 5.97 Å². The molecule has 2 heteroatoms. The van der Waals surface area contributed by atoms with E-state index in [0.29, 0.717) is 0 Å². The Kier molecular flexibility index (Phi) is 8.47. The van der Waals surface area contributed by atoms with Gasteiger partial charge < -0.3 is 4.74 Å². The molecule has 0 aliphatic carbocycles. The van der Waals surface area contributed by atoms with Crippen LogP contribution in [0.15, 0.2) is 24.3 Å². The van der Waals surface area contributed by atoms with E-state index in [1.165, 1.54) is 18.9 Å². The van der Waals surface area contributed by atoms with E-state index < -0.39 is 5.60 Å². The van der Waals surface area contributed by atoms with Crippen molar-refractivity contribution in [3.05, 3.63) is 24.3 Å². The lowest BCUT2D eigenvalue weighted by Crippen LogP contribution is -2.22. The third kappa shape index (κ3) is 12.9. The van der Waals surface area contributed by atoms with Crippen molar-refractivity contribution in [2.24, 2.45) is 0 Å². The molecule has 0 aromatic carbocycles. The van der Waals surface area contributed by atoms with E-state index in [4.69, 9.17) is 4.74 Å². The maximum Gasteiger partial charge on any atom is 0.330 e. The number of hydrogen-bond acceptors (Lipinski definition) is 2. The van der Waals surface area contributed by atoms with Gasteiger partial charge in [0, 0.05) is 6.08 Å². The minimum Gasteiger partial charge on any atom is -0.457 e. The highest BCUT2D eigenvalue weighted by Gasteiger charge is 2.13. The van der Waals surface area contributed by atoms with Crippen molar-refractivity contribution < 1.29 is 9.53 Å². The molecule has 0 rings (SSSR count). The van der Waals surface area contributed by atoms with Gasteiger partial charge in [0.25, 0.3) is 0 Å². The van der Waals surface area contributed by atoms with Crippen LogP contribution in [-0.2, 0) is 9.53 Å². The molecule has 0 N–H and O–H groups in total. The number of carbonyl (C=O) groups is 1. The topological polar surface area (TPSA) is 26.3 Å². The summed E-state index contributed by atoms with van der Waals surface area (Å²) in [7, 11) is 0. The van der Waals surface area contributed by atoms with E-state index in [9.17, 15) is 4.79 Å². The predicted molar refractivity (Wildman–Crippen MR) is 72.9 cm³/mol. The summed E-state index contributed by atoms with van der Waals surface area (Å²) < 4.78 is 5.16. The Bertz CT molecular complexity index is 257. The molecule has 0 aromatic heterocycles. The number of rotatable bonds is 7.